The Labute approximate surface area is 115 Å². The highest BCUT2D eigenvalue weighted by Gasteiger charge is 2.29. The molecule has 18 heavy (non-hydrogen) atoms. The maximum atomic E-state index is 12.1. The van der Waals surface area contributed by atoms with Crippen LogP contribution in [-0.4, -0.2) is 26.2 Å². The van der Waals surface area contributed by atoms with E-state index >= 15 is 0 Å². The molecule has 3 atom stereocenters. The lowest BCUT2D eigenvalue weighted by Crippen LogP contribution is -2.45. The average Bonchev–Trinajstić information content (AvgIpc) is 2.12. The molecule has 0 amide bonds. The van der Waals surface area contributed by atoms with Crippen LogP contribution in [0.1, 0.15) is 61.8 Å². The molecular formula is C14H31NO2S. The molecule has 110 valence electrons. The molecule has 0 aliphatic heterocycles. The third kappa shape index (κ3) is 6.30. The number of hydrogen-bond acceptors (Lipinski definition) is 2. The van der Waals surface area contributed by atoms with Crippen molar-refractivity contribution < 1.29 is 9.32 Å². The first-order valence-corrected chi connectivity index (χ1v) is 7.86. The smallest absolute Gasteiger partial charge is 0.0972 e. The van der Waals surface area contributed by atoms with E-state index in [1.807, 2.05) is 41.5 Å². The van der Waals surface area contributed by atoms with Crippen LogP contribution in [-0.2, 0) is 11.0 Å². The van der Waals surface area contributed by atoms with E-state index in [4.69, 9.17) is 0 Å². The molecule has 0 saturated carbocycles. The van der Waals surface area contributed by atoms with Gasteiger partial charge in [0, 0.05) is 6.04 Å². The minimum absolute atomic E-state index is 0.0688. The Morgan fingerprint density at radius 2 is 1.56 bits per heavy atom. The van der Waals surface area contributed by atoms with Gasteiger partial charge in [0.2, 0.25) is 0 Å². The first kappa shape index (κ1) is 18.1. The number of nitrogens with one attached hydrogen (secondary N) is 1. The first-order valence-electron chi connectivity index (χ1n) is 6.71. The Morgan fingerprint density at radius 1 is 1.11 bits per heavy atom. The van der Waals surface area contributed by atoms with Crippen LogP contribution >= 0.6 is 0 Å². The van der Waals surface area contributed by atoms with E-state index in [1.54, 1.807) is 0 Å². The Bertz CT molecular complexity index is 276. The predicted octanol–water partition coefficient (Wildman–Crippen LogP) is 2.86. The molecule has 0 heterocycles. The van der Waals surface area contributed by atoms with Crippen LogP contribution in [0.25, 0.3) is 0 Å². The van der Waals surface area contributed by atoms with Gasteiger partial charge in [-0.25, -0.2) is 8.93 Å². The molecule has 0 aromatic carbocycles. The van der Waals surface area contributed by atoms with Crippen molar-refractivity contribution in [2.75, 3.05) is 0 Å². The quantitative estimate of drug-likeness (QED) is 0.812. The molecule has 0 saturated heterocycles. The van der Waals surface area contributed by atoms with Crippen molar-refractivity contribution in [3.63, 3.8) is 0 Å². The fraction of sp³-hybridized carbons (Fsp3) is 1.00. The summed E-state index contributed by atoms with van der Waals surface area (Å²) in [4.78, 5) is 0. The maximum absolute atomic E-state index is 12.1. The average molecular weight is 277 g/mol. The molecule has 0 rings (SSSR count). The molecule has 0 aromatic rings. The van der Waals surface area contributed by atoms with Gasteiger partial charge in [-0.05, 0) is 38.5 Å². The van der Waals surface area contributed by atoms with Gasteiger partial charge in [-0.15, -0.1) is 0 Å². The second kappa shape index (κ2) is 6.49. The second-order valence-corrected chi connectivity index (χ2v) is 9.46. The highest BCUT2D eigenvalue weighted by Crippen LogP contribution is 2.25. The fourth-order valence-corrected chi connectivity index (χ4v) is 2.36. The van der Waals surface area contributed by atoms with E-state index in [0.29, 0.717) is 12.3 Å². The lowest BCUT2D eigenvalue weighted by molar-refractivity contribution is 0.0442. The Hall–Kier alpha value is 0.0700. The van der Waals surface area contributed by atoms with Crippen LogP contribution < -0.4 is 4.72 Å². The van der Waals surface area contributed by atoms with E-state index in [2.05, 4.69) is 18.6 Å². The summed E-state index contributed by atoms with van der Waals surface area (Å²) in [5.74, 6) is 0.341. The zero-order valence-corrected chi connectivity index (χ0v) is 14.0. The van der Waals surface area contributed by atoms with E-state index in [1.165, 1.54) is 0 Å². The normalized spacial score (nSPS) is 18.8. The van der Waals surface area contributed by atoms with Crippen molar-refractivity contribution in [1.82, 2.24) is 4.72 Å². The number of aliphatic hydroxyl groups is 1. The van der Waals surface area contributed by atoms with Gasteiger partial charge in [0.15, 0.2) is 0 Å². The molecule has 0 aromatic heterocycles. The summed E-state index contributed by atoms with van der Waals surface area (Å²) in [6, 6.07) is 0.0688. The van der Waals surface area contributed by atoms with Gasteiger partial charge in [0.1, 0.15) is 0 Å². The Kier molecular flexibility index (Phi) is 6.51. The van der Waals surface area contributed by atoms with Crippen molar-refractivity contribution in [3.05, 3.63) is 0 Å². The topological polar surface area (TPSA) is 49.3 Å². The summed E-state index contributed by atoms with van der Waals surface area (Å²) in [6.45, 7) is 16.1. The summed E-state index contributed by atoms with van der Waals surface area (Å²) in [5.41, 5.74) is -0.141. The Morgan fingerprint density at radius 3 is 1.83 bits per heavy atom. The summed E-state index contributed by atoms with van der Waals surface area (Å²) in [7, 11) is -1.09. The standard InChI is InChI=1S/C14H31NO2S/c1-10(2)11(9-12(16)13(3,4)5)15-18(17)14(6,7)8/h10-12,15-16H,9H2,1-8H3/t11-,12-,18?/m0/s1. The predicted molar refractivity (Wildman–Crippen MR) is 79.7 cm³/mol. The van der Waals surface area contributed by atoms with Gasteiger partial charge in [-0.3, -0.25) is 0 Å². The van der Waals surface area contributed by atoms with Crippen molar-refractivity contribution in [3.8, 4) is 0 Å². The van der Waals surface area contributed by atoms with Gasteiger partial charge in [0.05, 0.1) is 21.8 Å². The Balaban J connectivity index is 4.66. The van der Waals surface area contributed by atoms with Gasteiger partial charge in [0.25, 0.3) is 0 Å². The largest absolute Gasteiger partial charge is 0.393 e. The SMILES string of the molecule is CC(C)[C@H](C[C@H](O)C(C)(C)C)NS(=O)C(C)(C)C. The number of aliphatic hydroxyl groups excluding tert-OH is 1. The first-order chi connectivity index (χ1) is 7.85. The molecule has 0 radical (unpaired) electrons. The lowest BCUT2D eigenvalue weighted by atomic mass is 9.83. The van der Waals surface area contributed by atoms with Crippen molar-refractivity contribution in [2.24, 2.45) is 11.3 Å². The zero-order valence-electron chi connectivity index (χ0n) is 13.2. The van der Waals surface area contributed by atoms with E-state index in [9.17, 15) is 9.32 Å². The summed E-state index contributed by atoms with van der Waals surface area (Å²) < 4.78 is 15.0. The van der Waals surface area contributed by atoms with Gasteiger partial charge < -0.3 is 5.11 Å². The zero-order chi connectivity index (χ0) is 14.7. The van der Waals surface area contributed by atoms with Gasteiger partial charge in [-0.1, -0.05) is 34.6 Å². The molecule has 0 fully saturated rings. The molecule has 2 N–H and O–H groups in total. The molecule has 1 unspecified atom stereocenters. The maximum Gasteiger partial charge on any atom is 0.0972 e. The molecule has 4 heteroatoms. The molecule has 0 aliphatic carbocycles. The van der Waals surface area contributed by atoms with Crippen LogP contribution in [0.2, 0.25) is 0 Å². The van der Waals surface area contributed by atoms with E-state index in [-0.39, 0.29) is 16.2 Å². The summed E-state index contributed by atoms with van der Waals surface area (Å²) in [6.07, 6.45) is 0.234. The minimum atomic E-state index is -1.09. The van der Waals surface area contributed by atoms with E-state index < -0.39 is 17.1 Å². The minimum Gasteiger partial charge on any atom is -0.393 e. The van der Waals surface area contributed by atoms with E-state index in [0.717, 1.165) is 0 Å². The highest BCUT2D eigenvalue weighted by atomic mass is 32.2. The third-order valence-electron chi connectivity index (χ3n) is 3.10. The van der Waals surface area contributed by atoms with Crippen LogP contribution in [0.3, 0.4) is 0 Å². The van der Waals surface area contributed by atoms with Crippen LogP contribution in [0.4, 0.5) is 0 Å². The second-order valence-electron chi connectivity index (χ2n) is 7.47. The van der Waals surface area contributed by atoms with Crippen LogP contribution in [0, 0.1) is 11.3 Å². The summed E-state index contributed by atoms with van der Waals surface area (Å²) in [5, 5.41) is 10.2. The fourth-order valence-electron chi connectivity index (χ4n) is 1.36. The molecule has 0 bridgehead atoms. The van der Waals surface area contributed by atoms with Crippen molar-refractivity contribution in [2.45, 2.75) is 78.7 Å². The van der Waals surface area contributed by atoms with Crippen LogP contribution in [0.5, 0.6) is 0 Å². The monoisotopic (exact) mass is 277 g/mol. The lowest BCUT2D eigenvalue weighted by Gasteiger charge is -2.32. The number of hydrogen-bond donors (Lipinski definition) is 2. The molecule has 0 aliphatic rings. The third-order valence-corrected chi connectivity index (χ3v) is 4.73. The molecular weight excluding hydrogens is 246 g/mol. The van der Waals surface area contributed by atoms with Crippen molar-refractivity contribution >= 4 is 11.0 Å². The summed E-state index contributed by atoms with van der Waals surface area (Å²) >= 11 is 0. The van der Waals surface area contributed by atoms with Crippen molar-refractivity contribution in [1.29, 1.82) is 0 Å². The number of rotatable bonds is 5. The van der Waals surface area contributed by atoms with Gasteiger partial charge >= 0.3 is 0 Å². The highest BCUT2D eigenvalue weighted by molar-refractivity contribution is 7.84. The van der Waals surface area contributed by atoms with Crippen LogP contribution in [0.15, 0.2) is 0 Å². The van der Waals surface area contributed by atoms with Gasteiger partial charge in [-0.2, -0.15) is 0 Å². The molecule has 0 spiro atoms. The molecule has 3 nitrogen and oxygen atoms in total.